The van der Waals surface area contributed by atoms with Crippen LogP contribution in [0.15, 0.2) is 24.3 Å². The van der Waals surface area contributed by atoms with E-state index in [1.165, 1.54) is 0 Å². The molecule has 0 radical (unpaired) electrons. The fourth-order valence-corrected chi connectivity index (χ4v) is 2.21. The minimum atomic E-state index is -0.781. The Morgan fingerprint density at radius 2 is 1.84 bits per heavy atom. The number of carbonyl (C=O) groups is 1. The van der Waals surface area contributed by atoms with Gasteiger partial charge in [0.2, 0.25) is 0 Å². The van der Waals surface area contributed by atoms with Gasteiger partial charge in [-0.1, -0.05) is 37.6 Å². The predicted molar refractivity (Wildman–Crippen MR) is 78.6 cm³/mol. The Kier molecular flexibility index (Phi) is 6.32. The normalized spacial score (nSPS) is 14.4. The molecule has 0 spiro atoms. The summed E-state index contributed by atoms with van der Waals surface area (Å²) in [4.78, 5) is 11.2. The number of halogens is 1. The van der Waals surface area contributed by atoms with Crippen LogP contribution in [0.2, 0.25) is 5.02 Å². The molecule has 0 aromatic heterocycles. The van der Waals surface area contributed by atoms with Crippen LogP contribution in [0.25, 0.3) is 0 Å². The summed E-state index contributed by atoms with van der Waals surface area (Å²) in [5.41, 5.74) is 1.15. The zero-order valence-corrected chi connectivity index (χ0v) is 12.4. The molecule has 0 amide bonds. The molecule has 0 saturated heterocycles. The predicted octanol–water partition coefficient (Wildman–Crippen LogP) is 3.36. The van der Waals surface area contributed by atoms with Crippen LogP contribution in [0, 0.1) is 5.92 Å². The summed E-state index contributed by atoms with van der Waals surface area (Å²) in [6, 6.07) is 7.28. The third-order valence-corrected chi connectivity index (χ3v) is 3.20. The molecule has 2 atom stereocenters. The Morgan fingerprint density at radius 1 is 1.26 bits per heavy atom. The summed E-state index contributed by atoms with van der Waals surface area (Å²) in [6.07, 6.45) is 1.43. The van der Waals surface area contributed by atoms with Crippen molar-refractivity contribution in [2.75, 3.05) is 0 Å². The lowest BCUT2D eigenvalue weighted by Crippen LogP contribution is -2.43. The smallest absolute Gasteiger partial charge is 0.320 e. The van der Waals surface area contributed by atoms with Gasteiger partial charge in [0.1, 0.15) is 6.04 Å². The van der Waals surface area contributed by atoms with Crippen LogP contribution in [-0.4, -0.2) is 23.2 Å². The fourth-order valence-electron chi connectivity index (χ4n) is 2.09. The maximum Gasteiger partial charge on any atom is 0.320 e. The molecule has 0 heterocycles. The number of hydrogen-bond acceptors (Lipinski definition) is 2. The minimum absolute atomic E-state index is 0.112. The van der Waals surface area contributed by atoms with Crippen LogP contribution in [0.1, 0.15) is 32.8 Å². The van der Waals surface area contributed by atoms with E-state index >= 15 is 0 Å². The molecule has 4 heteroatoms. The lowest BCUT2D eigenvalue weighted by atomic mass is 10.0. The summed E-state index contributed by atoms with van der Waals surface area (Å²) in [5.74, 6) is -0.423. The first-order valence-electron chi connectivity index (χ1n) is 6.61. The minimum Gasteiger partial charge on any atom is -0.480 e. The van der Waals surface area contributed by atoms with E-state index in [0.29, 0.717) is 17.4 Å². The van der Waals surface area contributed by atoms with Crippen molar-refractivity contribution in [2.45, 2.75) is 45.7 Å². The van der Waals surface area contributed by atoms with Gasteiger partial charge in [0, 0.05) is 11.1 Å². The summed E-state index contributed by atoms with van der Waals surface area (Å²) in [5, 5.41) is 13.1. The largest absolute Gasteiger partial charge is 0.480 e. The maximum atomic E-state index is 11.2. The Hall–Kier alpha value is -1.06. The number of aliphatic carboxylic acids is 1. The molecule has 0 aliphatic rings. The molecule has 1 rings (SSSR count). The van der Waals surface area contributed by atoms with E-state index < -0.39 is 12.0 Å². The highest BCUT2D eigenvalue weighted by Crippen LogP contribution is 2.12. The van der Waals surface area contributed by atoms with Gasteiger partial charge in [-0.15, -0.1) is 0 Å². The molecule has 19 heavy (non-hydrogen) atoms. The van der Waals surface area contributed by atoms with Crippen LogP contribution < -0.4 is 5.32 Å². The lowest BCUT2D eigenvalue weighted by molar-refractivity contribution is -0.140. The van der Waals surface area contributed by atoms with Crippen LogP contribution in [-0.2, 0) is 11.2 Å². The average molecular weight is 284 g/mol. The molecule has 3 nitrogen and oxygen atoms in total. The van der Waals surface area contributed by atoms with E-state index in [9.17, 15) is 9.90 Å². The first-order chi connectivity index (χ1) is 8.88. The molecule has 1 aromatic rings. The van der Waals surface area contributed by atoms with Crippen molar-refractivity contribution in [3.63, 3.8) is 0 Å². The molecule has 0 aliphatic carbocycles. The topological polar surface area (TPSA) is 49.3 Å². The molecular formula is C15H22ClNO2. The molecular weight excluding hydrogens is 262 g/mol. The highest BCUT2D eigenvalue weighted by atomic mass is 35.5. The van der Waals surface area contributed by atoms with Crippen LogP contribution in [0.5, 0.6) is 0 Å². The van der Waals surface area contributed by atoms with Gasteiger partial charge in [-0.2, -0.15) is 0 Å². The van der Waals surface area contributed by atoms with Gasteiger partial charge in [-0.05, 0) is 43.4 Å². The van der Waals surface area contributed by atoms with Crippen LogP contribution >= 0.6 is 11.6 Å². The van der Waals surface area contributed by atoms with Crippen molar-refractivity contribution in [3.8, 4) is 0 Å². The summed E-state index contributed by atoms with van der Waals surface area (Å²) in [6.45, 7) is 6.06. The standard InChI is InChI=1S/C15H22ClNO2/c1-10(2)8-14(15(18)19)17-11(3)9-12-4-6-13(16)7-5-12/h4-7,10-11,14,17H,8-9H2,1-3H3,(H,18,19). The molecule has 2 unspecified atom stereocenters. The van der Waals surface area contributed by atoms with E-state index in [0.717, 1.165) is 12.0 Å². The second-order valence-corrected chi connectivity index (χ2v) is 5.86. The Bertz CT molecular complexity index is 403. The second kappa shape index (κ2) is 7.51. The molecule has 0 bridgehead atoms. The Labute approximate surface area is 120 Å². The van der Waals surface area contributed by atoms with E-state index in [-0.39, 0.29) is 6.04 Å². The Balaban J connectivity index is 2.54. The van der Waals surface area contributed by atoms with Gasteiger partial charge >= 0.3 is 5.97 Å². The van der Waals surface area contributed by atoms with Crippen molar-refractivity contribution in [1.29, 1.82) is 0 Å². The van der Waals surface area contributed by atoms with Crippen LogP contribution in [0.3, 0.4) is 0 Å². The Morgan fingerprint density at radius 3 is 2.32 bits per heavy atom. The zero-order chi connectivity index (χ0) is 14.4. The molecule has 0 aliphatic heterocycles. The molecule has 0 fully saturated rings. The van der Waals surface area contributed by atoms with Crippen molar-refractivity contribution >= 4 is 17.6 Å². The highest BCUT2D eigenvalue weighted by molar-refractivity contribution is 6.30. The SMILES string of the molecule is CC(C)CC(NC(C)Cc1ccc(Cl)cc1)C(=O)O. The van der Waals surface area contributed by atoms with Crippen LogP contribution in [0.4, 0.5) is 0 Å². The molecule has 1 aromatic carbocycles. The van der Waals surface area contributed by atoms with E-state index in [1.54, 1.807) is 0 Å². The van der Waals surface area contributed by atoms with Gasteiger partial charge in [0.05, 0.1) is 0 Å². The van der Waals surface area contributed by atoms with Crippen molar-refractivity contribution < 1.29 is 9.90 Å². The number of rotatable bonds is 7. The monoisotopic (exact) mass is 283 g/mol. The number of nitrogens with one attached hydrogen (secondary N) is 1. The average Bonchev–Trinajstić information content (AvgIpc) is 2.30. The van der Waals surface area contributed by atoms with Crippen molar-refractivity contribution in [3.05, 3.63) is 34.9 Å². The quantitative estimate of drug-likeness (QED) is 0.807. The second-order valence-electron chi connectivity index (χ2n) is 5.42. The number of carboxylic acid groups (broad SMARTS) is 1. The summed E-state index contributed by atoms with van der Waals surface area (Å²) < 4.78 is 0. The van der Waals surface area contributed by atoms with Crippen molar-refractivity contribution in [1.82, 2.24) is 5.32 Å². The molecule has 106 valence electrons. The van der Waals surface area contributed by atoms with Crippen molar-refractivity contribution in [2.24, 2.45) is 5.92 Å². The highest BCUT2D eigenvalue weighted by Gasteiger charge is 2.20. The third kappa shape index (κ3) is 6.08. The number of carboxylic acids is 1. The number of benzene rings is 1. The van der Waals surface area contributed by atoms with E-state index in [2.05, 4.69) is 5.32 Å². The lowest BCUT2D eigenvalue weighted by Gasteiger charge is -2.21. The van der Waals surface area contributed by atoms with Gasteiger partial charge < -0.3 is 10.4 Å². The maximum absolute atomic E-state index is 11.2. The third-order valence-electron chi connectivity index (χ3n) is 2.95. The zero-order valence-electron chi connectivity index (χ0n) is 11.7. The van der Waals surface area contributed by atoms with E-state index in [4.69, 9.17) is 11.6 Å². The van der Waals surface area contributed by atoms with Gasteiger partial charge in [0.25, 0.3) is 0 Å². The summed E-state index contributed by atoms with van der Waals surface area (Å²) >= 11 is 5.84. The molecule has 0 saturated carbocycles. The molecule has 2 N–H and O–H groups in total. The first kappa shape index (κ1) is 16.0. The van der Waals surface area contributed by atoms with Gasteiger partial charge in [0.15, 0.2) is 0 Å². The van der Waals surface area contributed by atoms with Gasteiger partial charge in [-0.25, -0.2) is 0 Å². The fraction of sp³-hybridized carbons (Fsp3) is 0.533. The first-order valence-corrected chi connectivity index (χ1v) is 6.99. The summed E-state index contributed by atoms with van der Waals surface area (Å²) in [7, 11) is 0. The van der Waals surface area contributed by atoms with E-state index in [1.807, 2.05) is 45.0 Å². The van der Waals surface area contributed by atoms with Gasteiger partial charge in [-0.3, -0.25) is 4.79 Å². The number of hydrogen-bond donors (Lipinski definition) is 2.